The lowest BCUT2D eigenvalue weighted by molar-refractivity contribution is -0.137. The summed E-state index contributed by atoms with van der Waals surface area (Å²) < 4.78 is 38.4. The molecule has 1 amide bonds. The van der Waals surface area contributed by atoms with Gasteiger partial charge in [0.15, 0.2) is 0 Å². The highest BCUT2D eigenvalue weighted by molar-refractivity contribution is 5.83. The molecule has 0 saturated heterocycles. The van der Waals surface area contributed by atoms with Crippen LogP contribution in [0.15, 0.2) is 54.6 Å². The van der Waals surface area contributed by atoms with E-state index in [4.69, 9.17) is 5.73 Å². The zero-order chi connectivity index (χ0) is 18.0. The number of alkyl halides is 3. The van der Waals surface area contributed by atoms with Gasteiger partial charge in [0.25, 0.3) is 0 Å². The Labute approximate surface area is 144 Å². The van der Waals surface area contributed by atoms with Crippen molar-refractivity contribution in [1.82, 2.24) is 5.32 Å². The number of nitrogens with two attached hydrogens (primary N) is 1. The maximum absolute atomic E-state index is 12.8. The van der Waals surface area contributed by atoms with Gasteiger partial charge in [0.05, 0.1) is 5.56 Å². The number of hydrogen-bond donors (Lipinski definition) is 2. The zero-order valence-corrected chi connectivity index (χ0v) is 13.5. The van der Waals surface area contributed by atoms with Crippen LogP contribution in [0.2, 0.25) is 0 Å². The van der Waals surface area contributed by atoms with Gasteiger partial charge in [-0.25, -0.2) is 0 Å². The molecule has 1 fully saturated rings. The summed E-state index contributed by atoms with van der Waals surface area (Å²) >= 11 is 0. The molecular weight excluding hydrogens is 329 g/mol. The third-order valence-corrected chi connectivity index (χ3v) is 4.49. The minimum Gasteiger partial charge on any atom is -0.354 e. The molecule has 132 valence electrons. The summed E-state index contributed by atoms with van der Waals surface area (Å²) in [7, 11) is 0. The monoisotopic (exact) mass is 348 g/mol. The smallest absolute Gasteiger partial charge is 0.354 e. The Kier molecular flexibility index (Phi) is 4.81. The molecule has 3 N–H and O–H groups in total. The van der Waals surface area contributed by atoms with Gasteiger partial charge in [0.1, 0.15) is 0 Å². The molecule has 1 saturated carbocycles. The number of halogens is 3. The van der Waals surface area contributed by atoms with Gasteiger partial charge < -0.3 is 11.1 Å². The Morgan fingerprint density at radius 3 is 2.56 bits per heavy atom. The fourth-order valence-electron chi connectivity index (χ4n) is 2.96. The van der Waals surface area contributed by atoms with E-state index >= 15 is 0 Å². The summed E-state index contributed by atoms with van der Waals surface area (Å²) in [4.78, 5) is 12.2. The van der Waals surface area contributed by atoms with Crippen molar-refractivity contribution in [3.63, 3.8) is 0 Å². The first-order chi connectivity index (χ1) is 11.9. The lowest BCUT2D eigenvalue weighted by Crippen LogP contribution is -2.33. The second kappa shape index (κ2) is 6.88. The van der Waals surface area contributed by atoms with E-state index in [1.54, 1.807) is 6.07 Å². The Morgan fingerprint density at radius 1 is 1.16 bits per heavy atom. The highest BCUT2D eigenvalue weighted by Crippen LogP contribution is 2.48. The number of nitrogens with one attached hydrogen (secondary N) is 1. The molecule has 0 heterocycles. The Morgan fingerprint density at radius 2 is 1.88 bits per heavy atom. The van der Waals surface area contributed by atoms with Gasteiger partial charge in [0, 0.05) is 18.5 Å². The average molecular weight is 348 g/mol. The average Bonchev–Trinajstić information content (AvgIpc) is 3.40. The standard InChI is InChI=1S/C19H19F3N2O/c20-19(21,22)14-8-4-7-13(9-14)15-10-16(15)18(25)24-11-17(23)12-5-2-1-3-6-12/h1-9,15-17H,10-11,23H2,(H,24,25). The van der Waals surface area contributed by atoms with Crippen LogP contribution in [-0.2, 0) is 11.0 Å². The molecule has 1 aliphatic rings. The minimum atomic E-state index is -4.37. The number of rotatable bonds is 5. The molecule has 1 aliphatic carbocycles. The van der Waals surface area contributed by atoms with Gasteiger partial charge in [-0.2, -0.15) is 13.2 Å². The van der Waals surface area contributed by atoms with Crippen molar-refractivity contribution in [3.8, 4) is 0 Å². The van der Waals surface area contributed by atoms with Crippen molar-refractivity contribution in [2.45, 2.75) is 24.6 Å². The molecule has 0 radical (unpaired) electrons. The summed E-state index contributed by atoms with van der Waals surface area (Å²) in [6.07, 6.45) is -3.81. The second-order valence-corrected chi connectivity index (χ2v) is 6.33. The van der Waals surface area contributed by atoms with E-state index in [2.05, 4.69) is 5.32 Å². The predicted molar refractivity (Wildman–Crippen MR) is 88.7 cm³/mol. The maximum atomic E-state index is 12.8. The third-order valence-electron chi connectivity index (χ3n) is 4.49. The predicted octanol–water partition coefficient (Wildman–Crippen LogP) is 3.63. The van der Waals surface area contributed by atoms with Gasteiger partial charge in [-0.05, 0) is 29.5 Å². The van der Waals surface area contributed by atoms with Crippen LogP contribution in [0.4, 0.5) is 13.2 Å². The highest BCUT2D eigenvalue weighted by Gasteiger charge is 2.44. The van der Waals surface area contributed by atoms with E-state index in [1.165, 1.54) is 6.07 Å². The summed E-state index contributed by atoms with van der Waals surface area (Å²) in [5, 5.41) is 2.80. The largest absolute Gasteiger partial charge is 0.416 e. The van der Waals surface area contributed by atoms with Gasteiger partial charge in [-0.3, -0.25) is 4.79 Å². The van der Waals surface area contributed by atoms with Crippen LogP contribution in [0.25, 0.3) is 0 Å². The summed E-state index contributed by atoms with van der Waals surface area (Å²) in [5.74, 6) is -0.601. The zero-order valence-electron chi connectivity index (χ0n) is 13.5. The van der Waals surface area contributed by atoms with Crippen molar-refractivity contribution in [3.05, 3.63) is 71.3 Å². The number of hydrogen-bond acceptors (Lipinski definition) is 2. The van der Waals surface area contributed by atoms with Crippen molar-refractivity contribution < 1.29 is 18.0 Å². The molecule has 3 rings (SSSR count). The van der Waals surface area contributed by atoms with Gasteiger partial charge in [0.2, 0.25) is 5.91 Å². The lowest BCUT2D eigenvalue weighted by atomic mass is 10.0. The Bertz CT molecular complexity index is 746. The molecule has 3 nitrogen and oxygen atoms in total. The van der Waals surface area contributed by atoms with Crippen LogP contribution in [0, 0.1) is 5.92 Å². The van der Waals surface area contributed by atoms with Crippen LogP contribution in [0.1, 0.15) is 35.1 Å². The van der Waals surface area contributed by atoms with E-state index in [9.17, 15) is 18.0 Å². The topological polar surface area (TPSA) is 55.1 Å². The fourth-order valence-corrected chi connectivity index (χ4v) is 2.96. The minimum absolute atomic E-state index is 0.157. The first-order valence-electron chi connectivity index (χ1n) is 8.11. The van der Waals surface area contributed by atoms with E-state index in [-0.39, 0.29) is 23.8 Å². The normalized spacial score (nSPS) is 20.8. The number of carbonyl (C=O) groups excluding carboxylic acids is 1. The fraction of sp³-hybridized carbons (Fsp3) is 0.316. The summed E-state index contributed by atoms with van der Waals surface area (Å²) in [5.41, 5.74) is 6.84. The van der Waals surface area contributed by atoms with Crippen molar-refractivity contribution in [2.75, 3.05) is 6.54 Å². The third kappa shape index (κ3) is 4.20. The van der Waals surface area contributed by atoms with E-state index in [0.29, 0.717) is 18.5 Å². The molecule has 6 heteroatoms. The van der Waals surface area contributed by atoms with Gasteiger partial charge in [-0.15, -0.1) is 0 Å². The number of benzene rings is 2. The number of carbonyl (C=O) groups is 1. The van der Waals surface area contributed by atoms with Crippen molar-refractivity contribution in [1.29, 1.82) is 0 Å². The molecule has 25 heavy (non-hydrogen) atoms. The van der Waals surface area contributed by atoms with E-state index in [1.807, 2.05) is 30.3 Å². The highest BCUT2D eigenvalue weighted by atomic mass is 19.4. The van der Waals surface area contributed by atoms with Crippen LogP contribution in [-0.4, -0.2) is 12.5 Å². The quantitative estimate of drug-likeness (QED) is 0.867. The Balaban J connectivity index is 1.56. The second-order valence-electron chi connectivity index (χ2n) is 6.33. The molecule has 0 bridgehead atoms. The first-order valence-corrected chi connectivity index (χ1v) is 8.11. The molecule has 3 unspecified atom stereocenters. The Hall–Kier alpha value is -2.34. The van der Waals surface area contributed by atoms with Crippen molar-refractivity contribution >= 4 is 5.91 Å². The summed E-state index contributed by atoms with van der Waals surface area (Å²) in [6, 6.07) is 14.3. The van der Waals surface area contributed by atoms with Crippen LogP contribution in [0.5, 0.6) is 0 Å². The van der Waals surface area contributed by atoms with Gasteiger partial charge in [-0.1, -0.05) is 48.5 Å². The number of amides is 1. The molecule has 2 aromatic rings. The summed E-state index contributed by atoms with van der Waals surface area (Å²) in [6.45, 7) is 0.300. The van der Waals surface area contributed by atoms with Crippen LogP contribution >= 0.6 is 0 Å². The molecule has 0 aromatic heterocycles. The first kappa shape index (κ1) is 17.5. The van der Waals surface area contributed by atoms with E-state index < -0.39 is 11.7 Å². The molecule has 3 atom stereocenters. The maximum Gasteiger partial charge on any atom is 0.416 e. The van der Waals surface area contributed by atoms with Crippen LogP contribution in [0.3, 0.4) is 0 Å². The molecule has 2 aromatic carbocycles. The lowest BCUT2D eigenvalue weighted by Gasteiger charge is -2.13. The van der Waals surface area contributed by atoms with E-state index in [0.717, 1.165) is 17.7 Å². The molecule has 0 spiro atoms. The molecular formula is C19H19F3N2O. The van der Waals surface area contributed by atoms with Crippen LogP contribution < -0.4 is 11.1 Å². The SMILES string of the molecule is NC(CNC(=O)C1CC1c1cccc(C(F)(F)F)c1)c1ccccc1. The van der Waals surface area contributed by atoms with Crippen molar-refractivity contribution in [2.24, 2.45) is 11.7 Å². The van der Waals surface area contributed by atoms with Gasteiger partial charge >= 0.3 is 6.18 Å². The molecule has 0 aliphatic heterocycles.